The van der Waals surface area contributed by atoms with Crippen molar-refractivity contribution in [1.82, 2.24) is 4.90 Å². The lowest BCUT2D eigenvalue weighted by Gasteiger charge is -2.60. The summed E-state index contributed by atoms with van der Waals surface area (Å²) in [6, 6.07) is 0.988. The Morgan fingerprint density at radius 1 is 1.25 bits per heavy atom. The number of aryl methyl sites for hydroxylation is 1. The van der Waals surface area contributed by atoms with E-state index in [-0.39, 0.29) is 41.1 Å². The fourth-order valence-electron chi connectivity index (χ4n) is 6.75. The van der Waals surface area contributed by atoms with Crippen LogP contribution >= 0.6 is 23.0 Å². The lowest BCUT2D eigenvalue weighted by atomic mass is 9.36. The first kappa shape index (κ1) is 26.6. The van der Waals surface area contributed by atoms with Crippen LogP contribution in [-0.2, 0) is 19.1 Å². The number of hydrogen-bond acceptors (Lipinski definition) is 8. The van der Waals surface area contributed by atoms with Crippen molar-refractivity contribution >= 4 is 62.0 Å². The van der Waals surface area contributed by atoms with Gasteiger partial charge in [-0.05, 0) is 63.3 Å². The summed E-state index contributed by atoms with van der Waals surface area (Å²) in [6.07, 6.45) is 1.86. The highest BCUT2D eigenvalue weighted by atomic mass is 127. The van der Waals surface area contributed by atoms with Crippen LogP contribution in [0.4, 0.5) is 0 Å². The van der Waals surface area contributed by atoms with Gasteiger partial charge in [-0.3, -0.25) is 22.2 Å². The Morgan fingerprint density at radius 3 is 2.36 bits per heavy atom. The van der Waals surface area contributed by atoms with Gasteiger partial charge >= 0.3 is 0 Å². The van der Waals surface area contributed by atoms with Crippen molar-refractivity contribution in [2.45, 2.75) is 49.0 Å². The number of rotatable bonds is 4. The predicted molar refractivity (Wildman–Crippen MR) is 145 cm³/mol. The van der Waals surface area contributed by atoms with E-state index in [0.29, 0.717) is 16.7 Å². The first-order chi connectivity index (χ1) is 16.6. The van der Waals surface area contributed by atoms with Crippen LogP contribution in [0, 0.1) is 6.92 Å². The number of carbonyl (C=O) groups is 4. The van der Waals surface area contributed by atoms with Gasteiger partial charge in [0.2, 0.25) is 11.4 Å². The normalized spacial score (nSPS) is 31.5. The molecule has 1 aromatic carbocycles. The van der Waals surface area contributed by atoms with Crippen LogP contribution in [0.25, 0.3) is 0 Å². The number of fused-ring (bicyclic) bond motifs is 3. The molecule has 4 rings (SSSR count). The minimum absolute atomic E-state index is 0.0653. The molecular weight excluding hydrogens is 577 g/mol. The number of allylic oxidation sites excluding steroid dienone is 1. The zero-order valence-electron chi connectivity index (χ0n) is 21.0. The van der Waals surface area contributed by atoms with Crippen LogP contribution in [0.2, 0.25) is 10.6 Å². The lowest BCUT2D eigenvalue weighted by Crippen LogP contribution is -2.67. The van der Waals surface area contributed by atoms with Crippen LogP contribution in [0.3, 0.4) is 0 Å². The molecule has 4 atom stereocenters. The number of hydrogen-bond donors (Lipinski definition) is 3. The zero-order chi connectivity index (χ0) is 27.1. The summed E-state index contributed by atoms with van der Waals surface area (Å²) in [4.78, 5) is 54.4. The van der Waals surface area contributed by atoms with Gasteiger partial charge in [-0.15, -0.1) is 0 Å². The summed E-state index contributed by atoms with van der Waals surface area (Å²) in [7, 11) is 7.12. The molecule has 3 aliphatic carbocycles. The van der Waals surface area contributed by atoms with Crippen molar-refractivity contribution in [2.24, 2.45) is 5.73 Å². The Bertz CT molecular complexity index is 1340. The highest BCUT2D eigenvalue weighted by molar-refractivity contribution is 14.1. The molecule has 1 aromatic rings. The van der Waals surface area contributed by atoms with Crippen LogP contribution in [0.1, 0.15) is 45.2 Å². The molecule has 1 amide bonds. The maximum Gasteiger partial charge on any atom is 0.252 e. The summed E-state index contributed by atoms with van der Waals surface area (Å²) in [5.74, 6) is -3.60. The van der Waals surface area contributed by atoms with Gasteiger partial charge in [0.25, 0.3) is 5.91 Å². The molecule has 0 spiro atoms. The van der Waals surface area contributed by atoms with Crippen molar-refractivity contribution in [2.75, 3.05) is 14.1 Å². The molecule has 9 nitrogen and oxygen atoms in total. The van der Waals surface area contributed by atoms with Gasteiger partial charge < -0.3 is 20.8 Å². The van der Waals surface area contributed by atoms with Gasteiger partial charge in [0.15, 0.2) is 11.6 Å². The number of primary amides is 1. The topological polar surface area (TPSA) is 147 Å². The number of aliphatic hydroxyl groups excluding tert-OH is 1. The fraction of sp³-hybridized carbons (Fsp3) is 0.417. The van der Waals surface area contributed by atoms with Gasteiger partial charge in [-0.1, -0.05) is 6.08 Å². The summed E-state index contributed by atoms with van der Waals surface area (Å²) < 4.78 is 5.79. The maximum absolute atomic E-state index is 14.0. The quantitative estimate of drug-likeness (QED) is 0.195. The number of halogens is 1. The lowest BCUT2D eigenvalue weighted by molar-refractivity contribution is -0.136. The Hall–Kier alpha value is -2.44. The average Bonchev–Trinajstić information content (AvgIpc) is 2.74. The number of likely N-dealkylation sites (N-methyl/N-ethyl adjacent to an activating group) is 1. The molecule has 188 valence electrons. The van der Waals surface area contributed by atoms with Gasteiger partial charge in [0.05, 0.1) is 11.1 Å². The van der Waals surface area contributed by atoms with Crippen molar-refractivity contribution in [3.8, 4) is 5.75 Å². The smallest absolute Gasteiger partial charge is 0.252 e. The second-order valence-corrected chi connectivity index (χ2v) is 11.3. The van der Waals surface area contributed by atoms with Gasteiger partial charge in [-0.25, -0.2) is 0 Å². The first-order valence-electron chi connectivity index (χ1n) is 11.5. The fourth-order valence-corrected chi connectivity index (χ4v) is 7.66. The van der Waals surface area contributed by atoms with Gasteiger partial charge in [0, 0.05) is 22.5 Å². The summed E-state index contributed by atoms with van der Waals surface area (Å²) >= 11 is 1.52. The van der Waals surface area contributed by atoms with E-state index in [1.165, 1.54) is 36.0 Å². The zero-order valence-corrected chi connectivity index (χ0v) is 23.1. The van der Waals surface area contributed by atoms with Crippen LogP contribution < -0.4 is 5.73 Å². The van der Waals surface area contributed by atoms with E-state index < -0.39 is 45.5 Å². The number of aliphatic hydroxyl groups is 1. The average molecular weight is 604 g/mol. The minimum Gasteiger partial charge on any atom is -0.508 e. The van der Waals surface area contributed by atoms with E-state index in [0.717, 1.165) is 0 Å². The number of benzene rings is 1. The van der Waals surface area contributed by atoms with Gasteiger partial charge in [-0.2, -0.15) is 0 Å². The molecule has 0 unspecified atom stereocenters. The van der Waals surface area contributed by atoms with E-state index >= 15 is 0 Å². The Morgan fingerprint density at radius 2 is 1.86 bits per heavy atom. The second-order valence-electron chi connectivity index (χ2n) is 10.8. The van der Waals surface area contributed by atoms with E-state index in [1.54, 1.807) is 47.7 Å². The van der Waals surface area contributed by atoms with Crippen molar-refractivity contribution in [3.63, 3.8) is 0 Å². The minimum atomic E-state index is -2.08. The third kappa shape index (κ3) is 3.16. The van der Waals surface area contributed by atoms with Crippen LogP contribution in [-0.4, -0.2) is 79.8 Å². The molecule has 0 fully saturated rings. The Kier molecular flexibility index (Phi) is 6.13. The molecular formula is C24H27B2IN2O7. The third-order valence-corrected chi connectivity index (χ3v) is 8.87. The van der Waals surface area contributed by atoms with E-state index in [2.05, 4.69) is 0 Å². The van der Waals surface area contributed by atoms with Crippen LogP contribution in [0.5, 0.6) is 5.75 Å². The number of aromatic hydroxyl groups is 1. The van der Waals surface area contributed by atoms with Crippen molar-refractivity contribution in [1.29, 1.82) is 0 Å². The number of amides is 1. The summed E-state index contributed by atoms with van der Waals surface area (Å²) in [6.45, 7) is 2.98. The number of phenolic OH excluding ortho intramolecular Hbond substituents is 1. The summed E-state index contributed by atoms with van der Waals surface area (Å²) in [5, 5.41) is 20.5. The SMILES string of the molecule is B[C@@]12Cc3c(C(C)=O)cc(C)c(O)c3C(=O)C1=C(O)[C@]1(OI)C(=O)C(C(N)=O)=C[C@@H](N(C)C)[C@]1(B)C2. The van der Waals surface area contributed by atoms with Gasteiger partial charge in [0.1, 0.15) is 50.2 Å². The number of Topliss-reactive ketones (excluding diaryl/α,β-unsaturated/α-hetero) is 3. The van der Waals surface area contributed by atoms with E-state index in [9.17, 15) is 29.4 Å². The van der Waals surface area contributed by atoms with Crippen molar-refractivity contribution in [3.05, 3.63) is 51.3 Å². The molecule has 3 aliphatic rings. The number of nitrogens with zero attached hydrogens (tertiary/aromatic N) is 1. The molecule has 0 aliphatic heterocycles. The number of ketones is 3. The number of nitrogens with two attached hydrogens (primary N) is 1. The first-order valence-corrected chi connectivity index (χ1v) is 12.3. The molecule has 0 heterocycles. The molecule has 0 saturated heterocycles. The van der Waals surface area contributed by atoms with E-state index in [1.807, 2.05) is 0 Å². The monoisotopic (exact) mass is 604 g/mol. The highest BCUT2D eigenvalue weighted by Crippen LogP contribution is 2.68. The number of phenols is 1. The van der Waals surface area contributed by atoms with Crippen LogP contribution in [0.15, 0.2) is 29.0 Å². The molecule has 4 N–H and O–H groups in total. The third-order valence-electron chi connectivity index (χ3n) is 8.21. The molecule has 0 saturated carbocycles. The molecule has 0 aromatic heterocycles. The van der Waals surface area contributed by atoms with Crippen molar-refractivity contribution < 1.29 is 32.5 Å². The predicted octanol–water partition coefficient (Wildman–Crippen LogP) is 0.471. The molecule has 0 radical (unpaired) electrons. The highest BCUT2D eigenvalue weighted by Gasteiger charge is 2.70. The second kappa shape index (κ2) is 8.29. The molecule has 36 heavy (non-hydrogen) atoms. The molecule has 12 heteroatoms. The molecule has 0 bridgehead atoms. The number of carbonyl (C=O) groups excluding carboxylic acids is 4. The largest absolute Gasteiger partial charge is 0.508 e. The Balaban J connectivity index is 2.12. The maximum atomic E-state index is 14.0. The Labute approximate surface area is 224 Å². The standard InChI is InChI=1S/C24H27B2IN2O7/c1-9-5-11(10(2)30)13-7-22(25)8-23(26)14(29(3)4)6-12(21(28)35)19(33)24(23,36-27)20(34)16(22)18(32)15(13)17(9)31/h5-6,14,31,34H,7-8,25-26H2,1-4H3,(H2,28,35)/t14-,22-,23-,24-/m1/s1. The summed E-state index contributed by atoms with van der Waals surface area (Å²) in [5.41, 5.74) is 4.10. The van der Waals surface area contributed by atoms with E-state index in [4.69, 9.17) is 8.80 Å².